The van der Waals surface area contributed by atoms with Gasteiger partial charge in [0.15, 0.2) is 0 Å². The fourth-order valence-corrected chi connectivity index (χ4v) is 1.85. The first-order chi connectivity index (χ1) is 7.20. The molecule has 0 spiro atoms. The summed E-state index contributed by atoms with van der Waals surface area (Å²) in [7, 11) is -4.17. The predicted molar refractivity (Wildman–Crippen MR) is 48.4 cm³/mol. The molecule has 1 N–H and O–H groups in total. The zero-order chi connectivity index (χ0) is 12.8. The molecule has 0 amide bonds. The van der Waals surface area contributed by atoms with E-state index >= 15 is 0 Å². The minimum atomic E-state index is -4.17. The van der Waals surface area contributed by atoms with Gasteiger partial charge in [-0.1, -0.05) is 0 Å². The number of hydrogen-bond donors (Lipinski definition) is 1. The molecule has 0 aliphatic rings. The summed E-state index contributed by atoms with van der Waals surface area (Å²) in [5.41, 5.74) is 0. The van der Waals surface area contributed by atoms with Crippen molar-refractivity contribution in [1.82, 2.24) is 0 Å². The fourth-order valence-electron chi connectivity index (χ4n) is 1.22. The summed E-state index contributed by atoms with van der Waals surface area (Å²) in [4.78, 5) is 20.4. The van der Waals surface area contributed by atoms with Crippen LogP contribution < -0.4 is 69.3 Å². The fraction of sp³-hybridized carbons (Fsp3) is 0.750. The van der Waals surface area contributed by atoms with E-state index in [0.29, 0.717) is 0 Å². The molecule has 0 saturated heterocycles. The van der Waals surface area contributed by atoms with Crippen molar-refractivity contribution in [2.45, 2.75) is 25.7 Å². The maximum absolute atomic E-state index is 10.4. The number of aliphatic carboxylic acids is 2. The molecule has 0 rings (SSSR count). The van der Waals surface area contributed by atoms with Gasteiger partial charge in [0, 0.05) is 11.9 Å². The molecule has 1 atom stereocenters. The van der Waals surface area contributed by atoms with E-state index in [1.807, 2.05) is 0 Å². The summed E-state index contributed by atoms with van der Waals surface area (Å²) < 4.78 is 29.3. The summed E-state index contributed by atoms with van der Waals surface area (Å²) in [5, 5.41) is 20.4. The monoisotopic (exact) mass is 298 g/mol. The Labute approximate surface area is 150 Å². The molecule has 0 radical (unpaired) electrons. The van der Waals surface area contributed by atoms with Crippen molar-refractivity contribution < 1.29 is 91.9 Å². The van der Waals surface area contributed by atoms with Gasteiger partial charge in [0.2, 0.25) is 0 Å². The molecular formula is C8H12Na2O7S. The van der Waals surface area contributed by atoms with Crippen LogP contribution in [0.2, 0.25) is 0 Å². The Morgan fingerprint density at radius 3 is 1.89 bits per heavy atom. The van der Waals surface area contributed by atoms with Crippen LogP contribution in [-0.4, -0.2) is 30.7 Å². The quantitative estimate of drug-likeness (QED) is 0.347. The minimum absolute atomic E-state index is 0. The molecule has 7 nitrogen and oxygen atoms in total. The van der Waals surface area contributed by atoms with E-state index in [2.05, 4.69) is 0 Å². The molecular weight excluding hydrogens is 286 g/mol. The Balaban J connectivity index is -0.00000112. The number of carboxylic acid groups (broad SMARTS) is 2. The summed E-state index contributed by atoms with van der Waals surface area (Å²) in [5.74, 6) is -3.99. The Morgan fingerprint density at radius 1 is 1.06 bits per heavy atom. The molecule has 10 heteroatoms. The third-order valence-corrected chi connectivity index (χ3v) is 2.75. The summed E-state index contributed by atoms with van der Waals surface area (Å²) in [6, 6.07) is 0. The van der Waals surface area contributed by atoms with Gasteiger partial charge in [-0.3, -0.25) is 4.55 Å². The van der Waals surface area contributed by atoms with Crippen LogP contribution in [0, 0.1) is 5.92 Å². The largest absolute Gasteiger partial charge is 1.00 e. The van der Waals surface area contributed by atoms with Gasteiger partial charge in [0.1, 0.15) is 0 Å². The number of carbonyl (C=O) groups excluding carboxylic acids is 2. The van der Waals surface area contributed by atoms with Crippen molar-refractivity contribution in [3.8, 4) is 0 Å². The normalized spacial score (nSPS) is 11.8. The summed E-state index contributed by atoms with van der Waals surface area (Å²) in [6.45, 7) is 0. The second-order valence-corrected chi connectivity index (χ2v) is 5.00. The van der Waals surface area contributed by atoms with Gasteiger partial charge < -0.3 is 19.8 Å². The van der Waals surface area contributed by atoms with Crippen molar-refractivity contribution in [3.05, 3.63) is 0 Å². The molecule has 0 aromatic heterocycles. The van der Waals surface area contributed by atoms with E-state index in [1.54, 1.807) is 0 Å². The average molecular weight is 298 g/mol. The first-order valence-corrected chi connectivity index (χ1v) is 6.16. The van der Waals surface area contributed by atoms with Crippen LogP contribution in [0.15, 0.2) is 0 Å². The van der Waals surface area contributed by atoms with Crippen LogP contribution in [0.25, 0.3) is 0 Å². The maximum Gasteiger partial charge on any atom is 1.00 e. The topological polar surface area (TPSA) is 135 Å². The molecule has 0 aliphatic carbocycles. The third kappa shape index (κ3) is 16.9. The first-order valence-electron chi connectivity index (χ1n) is 4.55. The Morgan fingerprint density at radius 2 is 1.56 bits per heavy atom. The van der Waals surface area contributed by atoms with Crippen molar-refractivity contribution in [3.63, 3.8) is 0 Å². The zero-order valence-electron chi connectivity index (χ0n) is 10.4. The number of carboxylic acids is 2. The van der Waals surface area contributed by atoms with Gasteiger partial charge in [-0.05, 0) is 31.6 Å². The number of hydrogen-bond acceptors (Lipinski definition) is 6. The molecule has 0 saturated carbocycles. The zero-order valence-corrected chi connectivity index (χ0v) is 15.2. The van der Waals surface area contributed by atoms with Gasteiger partial charge in [-0.2, -0.15) is 8.42 Å². The third-order valence-electron chi connectivity index (χ3n) is 2.00. The molecule has 0 bridgehead atoms. The summed E-state index contributed by atoms with van der Waals surface area (Å²) >= 11 is 0. The molecule has 0 fully saturated rings. The molecule has 0 aromatic carbocycles. The van der Waals surface area contributed by atoms with Crippen molar-refractivity contribution in [2.75, 3.05) is 5.75 Å². The Bertz CT molecular complexity index is 354. The van der Waals surface area contributed by atoms with Crippen LogP contribution in [0.1, 0.15) is 25.7 Å². The van der Waals surface area contributed by atoms with E-state index in [0.717, 1.165) is 0 Å². The molecule has 94 valence electrons. The van der Waals surface area contributed by atoms with Gasteiger partial charge in [-0.15, -0.1) is 0 Å². The molecule has 1 unspecified atom stereocenters. The van der Waals surface area contributed by atoms with Gasteiger partial charge in [-0.25, -0.2) is 0 Å². The SMILES string of the molecule is O=C([O-])CCC(CCS(=O)(=O)O)CC(=O)[O-].[Na+].[Na+]. The van der Waals surface area contributed by atoms with Crippen molar-refractivity contribution in [1.29, 1.82) is 0 Å². The van der Waals surface area contributed by atoms with Gasteiger partial charge in [0.25, 0.3) is 10.1 Å². The van der Waals surface area contributed by atoms with Gasteiger partial charge >= 0.3 is 59.1 Å². The van der Waals surface area contributed by atoms with Crippen LogP contribution in [-0.2, 0) is 19.7 Å². The Hall–Kier alpha value is 0.850. The van der Waals surface area contributed by atoms with Crippen LogP contribution in [0.4, 0.5) is 0 Å². The summed E-state index contributed by atoms with van der Waals surface area (Å²) in [6.07, 6.45) is -0.946. The van der Waals surface area contributed by atoms with E-state index < -0.39 is 40.1 Å². The van der Waals surface area contributed by atoms with E-state index in [4.69, 9.17) is 4.55 Å². The second kappa shape index (κ2) is 11.7. The number of rotatable bonds is 8. The molecule has 18 heavy (non-hydrogen) atoms. The molecule has 0 heterocycles. The van der Waals surface area contributed by atoms with Crippen LogP contribution in [0.3, 0.4) is 0 Å². The Kier molecular flexibility index (Phi) is 15.5. The average Bonchev–Trinajstić information content (AvgIpc) is 2.07. The van der Waals surface area contributed by atoms with Gasteiger partial charge in [0.05, 0.1) is 5.75 Å². The standard InChI is InChI=1S/C8H14O7S.2Na/c9-7(10)2-1-6(5-8(11)12)3-4-16(13,14)15;;/h6H,1-5H2,(H,9,10)(H,11,12)(H,13,14,15);;/q;2*+1/p-2. The smallest absolute Gasteiger partial charge is 0.550 e. The van der Waals surface area contributed by atoms with Crippen molar-refractivity contribution >= 4 is 22.1 Å². The minimum Gasteiger partial charge on any atom is -0.550 e. The predicted octanol–water partition coefficient (Wildman–Crippen LogP) is -8.44. The second-order valence-electron chi connectivity index (χ2n) is 3.43. The number of carbonyl (C=O) groups is 2. The van der Waals surface area contributed by atoms with E-state index in [9.17, 15) is 28.2 Å². The molecule has 0 aromatic rings. The van der Waals surface area contributed by atoms with Crippen LogP contribution >= 0.6 is 0 Å². The maximum atomic E-state index is 10.4. The van der Waals surface area contributed by atoms with E-state index in [1.165, 1.54) is 0 Å². The van der Waals surface area contributed by atoms with Crippen molar-refractivity contribution in [2.24, 2.45) is 5.92 Å². The molecule has 0 aliphatic heterocycles. The van der Waals surface area contributed by atoms with Crippen LogP contribution in [0.5, 0.6) is 0 Å². The van der Waals surface area contributed by atoms with E-state index in [-0.39, 0.29) is 78.4 Å². The first kappa shape index (κ1) is 23.9.